The summed E-state index contributed by atoms with van der Waals surface area (Å²) in [5.41, 5.74) is 0. The second-order valence-electron chi connectivity index (χ2n) is 14.8. The van der Waals surface area contributed by atoms with Crippen molar-refractivity contribution >= 4 is 0 Å². The molecule has 1 aromatic rings. The van der Waals surface area contributed by atoms with E-state index < -0.39 is 0 Å². The van der Waals surface area contributed by atoms with Crippen LogP contribution < -0.4 is 4.57 Å². The van der Waals surface area contributed by atoms with Gasteiger partial charge in [0.25, 0.3) is 5.82 Å². The summed E-state index contributed by atoms with van der Waals surface area (Å²) in [5.74, 6) is 1.62. The van der Waals surface area contributed by atoms with Crippen LogP contribution >= 0.6 is 0 Å². The van der Waals surface area contributed by atoms with Crippen molar-refractivity contribution < 1.29 is 4.57 Å². The third-order valence-electron chi connectivity index (χ3n) is 10.3. The predicted octanol–water partition coefficient (Wildman–Crippen LogP) is 14.6. The van der Waals surface area contributed by atoms with Crippen LogP contribution in [0.15, 0.2) is 12.4 Å². The average molecular weight is 630 g/mol. The Morgan fingerprint density at radius 2 is 0.689 bits per heavy atom. The van der Waals surface area contributed by atoms with E-state index >= 15 is 0 Å². The molecular weight excluding hydrogens is 544 g/mol. The van der Waals surface area contributed by atoms with Crippen LogP contribution in [0.25, 0.3) is 0 Å². The molecule has 1 rings (SSSR count). The molecule has 266 valence electrons. The lowest BCUT2D eigenvalue weighted by Crippen LogP contribution is -2.37. The molecule has 1 heterocycles. The maximum Gasteiger partial charge on any atom is 0.256 e. The fourth-order valence-corrected chi connectivity index (χ4v) is 7.21. The van der Waals surface area contributed by atoms with Crippen LogP contribution in [0.3, 0.4) is 0 Å². The molecule has 1 aromatic heterocycles. The standard InChI is InChI=1S/C43H85N2/c1-4-7-10-13-16-19-21-23-24-26-28-31-34-37-40-45-42-41-44(39-36-33-30-18-15-12-9-6-3)43(45)38-35-32-29-27-25-22-20-17-14-11-8-5-2/h41-42H,4-40H2,1-3H3/q+1. The number of aryl methyl sites for hydroxylation is 2. The highest BCUT2D eigenvalue weighted by Gasteiger charge is 2.16. The topological polar surface area (TPSA) is 8.81 Å². The van der Waals surface area contributed by atoms with Gasteiger partial charge >= 0.3 is 0 Å². The first-order valence-corrected chi connectivity index (χ1v) is 21.4. The fourth-order valence-electron chi connectivity index (χ4n) is 7.21. The quantitative estimate of drug-likeness (QED) is 0.0511. The van der Waals surface area contributed by atoms with Gasteiger partial charge in [-0.1, -0.05) is 207 Å². The molecule has 0 atom stereocenters. The summed E-state index contributed by atoms with van der Waals surface area (Å²) >= 11 is 0. The van der Waals surface area contributed by atoms with E-state index in [1.807, 2.05) is 0 Å². The normalized spacial score (nSPS) is 11.6. The molecule has 0 aliphatic heterocycles. The molecule has 0 bridgehead atoms. The van der Waals surface area contributed by atoms with Gasteiger partial charge in [-0.15, -0.1) is 0 Å². The zero-order valence-corrected chi connectivity index (χ0v) is 31.7. The highest BCUT2D eigenvalue weighted by atomic mass is 15.1. The largest absolute Gasteiger partial charge is 0.256 e. The Hall–Kier alpha value is -0.790. The van der Waals surface area contributed by atoms with Crippen LogP contribution in [0.4, 0.5) is 0 Å². The van der Waals surface area contributed by atoms with E-state index in [0.29, 0.717) is 0 Å². The number of unbranched alkanes of at least 4 members (excludes halogenated alkanes) is 31. The van der Waals surface area contributed by atoms with Crippen molar-refractivity contribution in [3.8, 4) is 0 Å². The molecule has 0 spiro atoms. The van der Waals surface area contributed by atoms with Crippen LogP contribution in [0, 0.1) is 0 Å². The lowest BCUT2D eigenvalue weighted by molar-refractivity contribution is -0.704. The number of rotatable bonds is 37. The molecule has 45 heavy (non-hydrogen) atoms. The van der Waals surface area contributed by atoms with Gasteiger partial charge in [0, 0.05) is 6.42 Å². The monoisotopic (exact) mass is 630 g/mol. The van der Waals surface area contributed by atoms with Gasteiger partial charge in [0.1, 0.15) is 12.4 Å². The third kappa shape index (κ3) is 26.9. The number of nitrogens with zero attached hydrogens (tertiary/aromatic N) is 2. The van der Waals surface area contributed by atoms with Crippen LogP contribution in [-0.2, 0) is 19.5 Å². The summed E-state index contributed by atoms with van der Waals surface area (Å²) in [6.07, 6.45) is 54.9. The van der Waals surface area contributed by atoms with Crippen molar-refractivity contribution in [2.45, 2.75) is 259 Å². The van der Waals surface area contributed by atoms with Crippen molar-refractivity contribution in [3.05, 3.63) is 18.2 Å². The summed E-state index contributed by atoms with van der Waals surface area (Å²) in [4.78, 5) is 0. The molecule has 0 aliphatic rings. The van der Waals surface area contributed by atoms with Crippen LogP contribution in [0.1, 0.15) is 245 Å². The highest BCUT2D eigenvalue weighted by Crippen LogP contribution is 2.16. The molecule has 0 saturated carbocycles. The van der Waals surface area contributed by atoms with Gasteiger partial charge in [0.05, 0.1) is 13.1 Å². The minimum absolute atomic E-state index is 1.23. The van der Waals surface area contributed by atoms with E-state index in [0.717, 1.165) is 0 Å². The second-order valence-corrected chi connectivity index (χ2v) is 14.8. The first-order valence-electron chi connectivity index (χ1n) is 21.4. The first kappa shape index (κ1) is 42.2. The van der Waals surface area contributed by atoms with E-state index in [1.54, 1.807) is 5.82 Å². The van der Waals surface area contributed by atoms with Gasteiger partial charge in [-0.25, -0.2) is 9.13 Å². The summed E-state index contributed by atoms with van der Waals surface area (Å²) < 4.78 is 5.28. The Balaban J connectivity index is 2.26. The molecule has 0 unspecified atom stereocenters. The molecule has 0 fully saturated rings. The maximum atomic E-state index is 2.64. The van der Waals surface area contributed by atoms with E-state index in [-0.39, 0.29) is 0 Å². The van der Waals surface area contributed by atoms with Gasteiger partial charge in [0.2, 0.25) is 0 Å². The molecule has 2 nitrogen and oxygen atoms in total. The molecule has 0 aromatic carbocycles. The SMILES string of the molecule is CCCCCCCCCCCCCCCC[n+]1ccn(CCCCCCCCCC)c1CCCCCCCCCCCCCC. The third-order valence-corrected chi connectivity index (χ3v) is 10.3. The Morgan fingerprint density at radius 3 is 1.07 bits per heavy atom. The Kier molecular flexibility index (Phi) is 32.4. The predicted molar refractivity (Wildman–Crippen MR) is 202 cm³/mol. The van der Waals surface area contributed by atoms with Crippen molar-refractivity contribution in [1.29, 1.82) is 0 Å². The molecule has 0 amide bonds. The Morgan fingerprint density at radius 1 is 0.378 bits per heavy atom. The number of imidazole rings is 1. The Bertz CT molecular complexity index is 692. The minimum atomic E-state index is 1.23. The van der Waals surface area contributed by atoms with Crippen LogP contribution in [-0.4, -0.2) is 4.57 Å². The van der Waals surface area contributed by atoms with Crippen molar-refractivity contribution in [2.75, 3.05) is 0 Å². The van der Waals surface area contributed by atoms with E-state index in [4.69, 9.17) is 0 Å². The summed E-state index contributed by atoms with van der Waals surface area (Å²) in [6, 6.07) is 0. The lowest BCUT2D eigenvalue weighted by atomic mass is 10.0. The molecule has 0 N–H and O–H groups in total. The van der Waals surface area contributed by atoms with E-state index in [1.165, 1.54) is 238 Å². The first-order chi connectivity index (χ1) is 22.3. The summed E-state index contributed by atoms with van der Waals surface area (Å²) in [6.45, 7) is 9.41. The maximum absolute atomic E-state index is 2.64. The minimum Gasteiger partial charge on any atom is -0.234 e. The molecule has 0 saturated heterocycles. The fraction of sp³-hybridized carbons (Fsp3) is 0.930. The van der Waals surface area contributed by atoms with E-state index in [9.17, 15) is 0 Å². The number of hydrogen-bond acceptors (Lipinski definition) is 0. The second kappa shape index (κ2) is 34.5. The molecule has 0 radical (unpaired) electrons. The molecule has 0 aliphatic carbocycles. The van der Waals surface area contributed by atoms with Gasteiger partial charge in [-0.3, -0.25) is 0 Å². The van der Waals surface area contributed by atoms with Crippen molar-refractivity contribution in [3.63, 3.8) is 0 Å². The zero-order valence-electron chi connectivity index (χ0n) is 31.7. The molecular formula is C43H85N2+. The highest BCUT2D eigenvalue weighted by molar-refractivity contribution is 4.84. The van der Waals surface area contributed by atoms with Crippen molar-refractivity contribution in [2.24, 2.45) is 0 Å². The van der Waals surface area contributed by atoms with Gasteiger partial charge < -0.3 is 0 Å². The smallest absolute Gasteiger partial charge is 0.234 e. The molecule has 2 heteroatoms. The zero-order chi connectivity index (χ0) is 32.3. The van der Waals surface area contributed by atoms with Gasteiger partial charge in [-0.2, -0.15) is 0 Å². The van der Waals surface area contributed by atoms with E-state index in [2.05, 4.69) is 42.3 Å². The van der Waals surface area contributed by atoms with Crippen molar-refractivity contribution in [1.82, 2.24) is 4.57 Å². The summed E-state index contributed by atoms with van der Waals surface area (Å²) in [5, 5.41) is 0. The Labute approximate surface area is 285 Å². The summed E-state index contributed by atoms with van der Waals surface area (Å²) in [7, 11) is 0. The van der Waals surface area contributed by atoms with Gasteiger partial charge in [0.15, 0.2) is 0 Å². The average Bonchev–Trinajstić information content (AvgIpc) is 3.43. The lowest BCUT2D eigenvalue weighted by Gasteiger charge is -2.07. The number of aromatic nitrogens is 2. The van der Waals surface area contributed by atoms with Crippen LogP contribution in [0.2, 0.25) is 0 Å². The number of hydrogen-bond donors (Lipinski definition) is 0. The van der Waals surface area contributed by atoms with Gasteiger partial charge in [-0.05, 0) is 32.1 Å². The van der Waals surface area contributed by atoms with Crippen LogP contribution in [0.5, 0.6) is 0 Å².